The Hall–Kier alpha value is -2.91. The number of aliphatic hydroxyl groups excluding tert-OH is 1. The average molecular weight is 468 g/mol. The van der Waals surface area contributed by atoms with Gasteiger partial charge >= 0.3 is 5.69 Å². The lowest BCUT2D eigenvalue weighted by Gasteiger charge is -2.30. The van der Waals surface area contributed by atoms with Crippen LogP contribution in [-0.2, 0) is 19.4 Å². The topological polar surface area (TPSA) is 84.1 Å². The minimum atomic E-state index is -0.847. The van der Waals surface area contributed by atoms with Crippen LogP contribution in [-0.4, -0.2) is 43.8 Å². The summed E-state index contributed by atoms with van der Waals surface area (Å²) in [6.07, 6.45) is 5.69. The highest BCUT2D eigenvalue weighted by molar-refractivity contribution is 7.12. The van der Waals surface area contributed by atoms with Crippen molar-refractivity contribution in [3.63, 3.8) is 0 Å². The zero-order valence-electron chi connectivity index (χ0n) is 18.7. The monoisotopic (exact) mass is 467 g/mol. The van der Waals surface area contributed by atoms with Crippen LogP contribution in [0, 0.1) is 19.7 Å². The molecule has 0 unspecified atom stereocenters. The molecule has 0 bridgehead atoms. The van der Waals surface area contributed by atoms with Gasteiger partial charge in [-0.1, -0.05) is 6.08 Å². The third kappa shape index (κ3) is 4.35. The van der Waals surface area contributed by atoms with Crippen LogP contribution in [0.3, 0.4) is 0 Å². The maximum Gasteiger partial charge on any atom is 0.352 e. The third-order valence-electron chi connectivity index (χ3n) is 6.32. The van der Waals surface area contributed by atoms with Gasteiger partial charge in [0.05, 0.1) is 30.6 Å². The summed E-state index contributed by atoms with van der Waals surface area (Å²) in [5.74, 6) is 0.520. The predicted molar refractivity (Wildman–Crippen MR) is 126 cm³/mol. The number of halogens is 1. The van der Waals surface area contributed by atoms with E-state index in [0.29, 0.717) is 36.1 Å². The summed E-state index contributed by atoms with van der Waals surface area (Å²) in [5, 5.41) is 10.7. The molecule has 0 saturated carbocycles. The summed E-state index contributed by atoms with van der Waals surface area (Å²) in [6, 6.07) is 5.14. The largest absolute Gasteiger partial charge is 0.386 e. The third-order valence-corrected chi connectivity index (χ3v) is 7.55. The van der Waals surface area contributed by atoms with E-state index in [0.717, 1.165) is 17.7 Å². The summed E-state index contributed by atoms with van der Waals surface area (Å²) in [7, 11) is 0. The SMILES string of the molecule is Cc1nc(C2=CCN(c3nc(C)n(Cc4cc5c(s4)CCCC5)c(=O)n3)C[C@@H]2O)ccc1F. The molecule has 0 radical (unpaired) electrons. The Morgan fingerprint density at radius 3 is 2.73 bits per heavy atom. The summed E-state index contributed by atoms with van der Waals surface area (Å²) < 4.78 is 15.2. The van der Waals surface area contributed by atoms with E-state index in [9.17, 15) is 14.3 Å². The van der Waals surface area contributed by atoms with Gasteiger partial charge in [0, 0.05) is 21.9 Å². The van der Waals surface area contributed by atoms with E-state index in [1.165, 1.54) is 29.3 Å². The summed E-state index contributed by atoms with van der Waals surface area (Å²) >= 11 is 1.78. The molecular weight excluding hydrogens is 441 g/mol. The van der Waals surface area contributed by atoms with Crippen LogP contribution in [0.2, 0.25) is 0 Å². The van der Waals surface area contributed by atoms with Gasteiger partial charge in [0.2, 0.25) is 5.95 Å². The Kier molecular flexibility index (Phi) is 5.84. The number of β-amino-alcohol motifs (C(OH)–C–C–N with tert-alkyl or cyclic N) is 1. The fraction of sp³-hybridized carbons (Fsp3) is 0.417. The van der Waals surface area contributed by atoms with Crippen LogP contribution in [0.25, 0.3) is 5.57 Å². The molecule has 0 amide bonds. The molecule has 1 N–H and O–H groups in total. The molecule has 0 fully saturated rings. The molecule has 9 heteroatoms. The number of fused-ring (bicyclic) bond motifs is 1. The van der Waals surface area contributed by atoms with Crippen molar-refractivity contribution in [2.75, 3.05) is 18.0 Å². The van der Waals surface area contributed by atoms with Gasteiger partial charge in [0.25, 0.3) is 0 Å². The Morgan fingerprint density at radius 1 is 1.18 bits per heavy atom. The Bertz CT molecular complexity index is 1270. The van der Waals surface area contributed by atoms with Crippen molar-refractivity contribution in [2.24, 2.45) is 0 Å². The zero-order valence-corrected chi connectivity index (χ0v) is 19.5. The van der Waals surface area contributed by atoms with Crippen LogP contribution >= 0.6 is 11.3 Å². The van der Waals surface area contributed by atoms with Crippen molar-refractivity contribution in [2.45, 2.75) is 52.2 Å². The van der Waals surface area contributed by atoms with Crippen molar-refractivity contribution in [3.8, 4) is 0 Å². The zero-order chi connectivity index (χ0) is 23.1. The maximum absolute atomic E-state index is 13.6. The number of aromatic nitrogens is 4. The number of hydrogen-bond donors (Lipinski definition) is 1. The molecule has 2 aliphatic rings. The second-order valence-corrected chi connectivity index (χ2v) is 9.87. The van der Waals surface area contributed by atoms with E-state index in [-0.39, 0.29) is 23.7 Å². The molecule has 4 heterocycles. The normalized spacial score (nSPS) is 18.2. The fourth-order valence-electron chi connectivity index (χ4n) is 4.49. The van der Waals surface area contributed by atoms with Crippen molar-refractivity contribution >= 4 is 22.9 Å². The Balaban J connectivity index is 1.36. The number of hydrogen-bond acceptors (Lipinski definition) is 7. The highest BCUT2D eigenvalue weighted by atomic mass is 32.1. The van der Waals surface area contributed by atoms with Gasteiger partial charge in [-0.25, -0.2) is 9.18 Å². The highest BCUT2D eigenvalue weighted by Crippen LogP contribution is 2.30. The molecule has 5 rings (SSSR count). The first-order valence-corrected chi connectivity index (χ1v) is 12.0. The van der Waals surface area contributed by atoms with Crippen LogP contribution in [0.5, 0.6) is 0 Å². The maximum atomic E-state index is 13.6. The van der Waals surface area contributed by atoms with Crippen molar-refractivity contribution in [3.05, 3.63) is 73.1 Å². The number of thiophene rings is 1. The number of pyridine rings is 1. The van der Waals surface area contributed by atoms with Gasteiger partial charge in [-0.2, -0.15) is 9.97 Å². The Labute approximate surface area is 195 Å². The number of rotatable bonds is 4. The standard InChI is InChI=1S/C24H26FN5O2S/c1-14-19(25)7-8-20(26-14)18-9-10-29(13-21(18)31)23-27-15(2)30(24(32)28-23)12-17-11-16-5-3-4-6-22(16)33-17/h7-9,11,21,31H,3-6,10,12-13H2,1-2H3/t21-/m0/s1. The quantitative estimate of drug-likeness (QED) is 0.635. The molecule has 0 saturated heterocycles. The molecule has 172 valence electrons. The smallest absolute Gasteiger partial charge is 0.352 e. The molecule has 1 aliphatic carbocycles. The van der Waals surface area contributed by atoms with Gasteiger partial charge < -0.3 is 10.0 Å². The van der Waals surface area contributed by atoms with E-state index in [2.05, 4.69) is 21.0 Å². The van der Waals surface area contributed by atoms with E-state index in [4.69, 9.17) is 0 Å². The molecule has 0 aromatic carbocycles. The summed E-state index contributed by atoms with van der Waals surface area (Å²) in [5.41, 5.74) is 2.55. The second-order valence-electron chi connectivity index (χ2n) is 8.65. The van der Waals surface area contributed by atoms with E-state index in [1.807, 2.05) is 13.0 Å². The van der Waals surface area contributed by atoms with Gasteiger partial charge in [-0.3, -0.25) is 9.55 Å². The van der Waals surface area contributed by atoms with E-state index >= 15 is 0 Å². The van der Waals surface area contributed by atoms with Crippen LogP contribution in [0.15, 0.2) is 29.1 Å². The molecule has 1 aliphatic heterocycles. The number of anilines is 1. The number of aliphatic hydroxyl groups is 1. The van der Waals surface area contributed by atoms with Gasteiger partial charge in [0.15, 0.2) is 0 Å². The molecular formula is C24H26FN5O2S. The molecule has 1 atom stereocenters. The van der Waals surface area contributed by atoms with E-state index in [1.54, 1.807) is 33.8 Å². The lowest BCUT2D eigenvalue weighted by molar-refractivity contribution is 0.233. The fourth-order valence-corrected chi connectivity index (χ4v) is 5.74. The first-order chi connectivity index (χ1) is 15.9. The van der Waals surface area contributed by atoms with Crippen LogP contribution in [0.4, 0.5) is 10.3 Å². The first-order valence-electron chi connectivity index (χ1n) is 11.2. The molecule has 0 spiro atoms. The molecule has 3 aromatic heterocycles. The molecule has 3 aromatic rings. The summed E-state index contributed by atoms with van der Waals surface area (Å²) in [6.45, 7) is 4.53. The number of aryl methyl sites for hydroxylation is 4. The Morgan fingerprint density at radius 2 is 2.00 bits per heavy atom. The lowest BCUT2D eigenvalue weighted by atomic mass is 9.99. The van der Waals surface area contributed by atoms with Gasteiger partial charge in [-0.15, -0.1) is 11.3 Å². The first kappa shape index (κ1) is 21.9. The number of nitrogens with zero attached hydrogens (tertiary/aromatic N) is 5. The van der Waals surface area contributed by atoms with Crippen molar-refractivity contribution in [1.29, 1.82) is 0 Å². The highest BCUT2D eigenvalue weighted by Gasteiger charge is 2.25. The average Bonchev–Trinajstić information content (AvgIpc) is 3.21. The minimum Gasteiger partial charge on any atom is -0.386 e. The predicted octanol–water partition coefficient (Wildman–Crippen LogP) is 3.04. The van der Waals surface area contributed by atoms with E-state index < -0.39 is 6.10 Å². The lowest BCUT2D eigenvalue weighted by Crippen LogP contribution is -2.40. The van der Waals surface area contributed by atoms with Crippen LogP contribution < -0.4 is 10.6 Å². The van der Waals surface area contributed by atoms with Crippen molar-refractivity contribution in [1.82, 2.24) is 19.5 Å². The van der Waals surface area contributed by atoms with Crippen molar-refractivity contribution < 1.29 is 9.50 Å². The van der Waals surface area contributed by atoms with Gasteiger partial charge in [-0.05, 0) is 63.3 Å². The van der Waals surface area contributed by atoms with Gasteiger partial charge in [0.1, 0.15) is 11.6 Å². The van der Waals surface area contributed by atoms with Crippen LogP contribution in [0.1, 0.15) is 45.4 Å². The minimum absolute atomic E-state index is 0.227. The molecule has 33 heavy (non-hydrogen) atoms. The molecule has 7 nitrogen and oxygen atoms in total. The summed E-state index contributed by atoms with van der Waals surface area (Å²) in [4.78, 5) is 30.3. The second kappa shape index (κ2) is 8.79.